The first-order valence-corrected chi connectivity index (χ1v) is 7.91. The Bertz CT molecular complexity index is 882. The van der Waals surface area contributed by atoms with Crippen LogP contribution in [0.3, 0.4) is 0 Å². The zero-order valence-corrected chi connectivity index (χ0v) is 12.4. The molecule has 1 aliphatic heterocycles. The lowest BCUT2D eigenvalue weighted by atomic mass is 10.2. The fraction of sp³-hybridized carbons (Fsp3) is 0.286. The number of aromatic amines is 1. The maximum absolute atomic E-state index is 12.3. The molecule has 1 saturated heterocycles. The minimum absolute atomic E-state index is 0.0567. The summed E-state index contributed by atoms with van der Waals surface area (Å²) < 4.78 is 1.66. The number of thiazole rings is 1. The summed E-state index contributed by atoms with van der Waals surface area (Å²) in [7, 11) is 0. The van der Waals surface area contributed by atoms with E-state index in [-0.39, 0.29) is 17.6 Å². The Labute approximate surface area is 129 Å². The van der Waals surface area contributed by atoms with E-state index in [4.69, 9.17) is 0 Å². The SMILES string of the molecule is O=C(c1cscn1)N1CC[C@@H](n2c(=O)[nH]c3cccnc32)C1. The number of imidazole rings is 1. The predicted molar refractivity (Wildman–Crippen MR) is 82.0 cm³/mol. The van der Waals surface area contributed by atoms with Gasteiger partial charge in [-0.1, -0.05) is 0 Å². The molecule has 1 fully saturated rings. The first-order valence-electron chi connectivity index (χ1n) is 6.97. The second-order valence-electron chi connectivity index (χ2n) is 5.24. The summed E-state index contributed by atoms with van der Waals surface area (Å²) in [5.74, 6) is -0.0791. The first-order chi connectivity index (χ1) is 10.7. The van der Waals surface area contributed by atoms with Gasteiger partial charge in [0.15, 0.2) is 5.65 Å². The van der Waals surface area contributed by atoms with Crippen LogP contribution in [0.15, 0.2) is 34.0 Å². The highest BCUT2D eigenvalue weighted by Crippen LogP contribution is 2.24. The van der Waals surface area contributed by atoms with Crippen LogP contribution in [0.25, 0.3) is 11.2 Å². The third kappa shape index (κ3) is 2.03. The Balaban J connectivity index is 1.64. The summed E-state index contributed by atoms with van der Waals surface area (Å²) >= 11 is 1.40. The van der Waals surface area contributed by atoms with E-state index in [0.29, 0.717) is 24.4 Å². The summed E-state index contributed by atoms with van der Waals surface area (Å²) in [4.78, 5) is 37.4. The topological polar surface area (TPSA) is 83.9 Å². The molecule has 3 aromatic rings. The van der Waals surface area contributed by atoms with Gasteiger partial charge >= 0.3 is 5.69 Å². The highest BCUT2D eigenvalue weighted by molar-refractivity contribution is 7.07. The molecule has 0 unspecified atom stereocenters. The van der Waals surface area contributed by atoms with E-state index >= 15 is 0 Å². The van der Waals surface area contributed by atoms with Crippen LogP contribution in [0.1, 0.15) is 23.0 Å². The Morgan fingerprint density at radius 1 is 1.41 bits per heavy atom. The van der Waals surface area contributed by atoms with Crippen molar-refractivity contribution in [1.82, 2.24) is 24.4 Å². The number of hydrogen-bond donors (Lipinski definition) is 1. The van der Waals surface area contributed by atoms with Gasteiger partial charge in [0.05, 0.1) is 17.1 Å². The van der Waals surface area contributed by atoms with E-state index < -0.39 is 0 Å². The summed E-state index contributed by atoms with van der Waals surface area (Å²) in [6, 6.07) is 3.56. The Hall–Kier alpha value is -2.48. The van der Waals surface area contributed by atoms with Crippen LogP contribution in [0.5, 0.6) is 0 Å². The molecule has 8 heteroatoms. The second-order valence-corrected chi connectivity index (χ2v) is 5.96. The monoisotopic (exact) mass is 315 g/mol. The molecule has 22 heavy (non-hydrogen) atoms. The van der Waals surface area contributed by atoms with Crippen molar-refractivity contribution in [2.45, 2.75) is 12.5 Å². The van der Waals surface area contributed by atoms with Crippen molar-refractivity contribution >= 4 is 28.4 Å². The summed E-state index contributed by atoms with van der Waals surface area (Å²) in [5, 5.41) is 1.75. The summed E-state index contributed by atoms with van der Waals surface area (Å²) in [6.45, 7) is 1.12. The van der Waals surface area contributed by atoms with Gasteiger partial charge in [-0.15, -0.1) is 11.3 Å². The smallest absolute Gasteiger partial charge is 0.327 e. The molecule has 4 rings (SSSR count). The molecule has 112 valence electrons. The van der Waals surface area contributed by atoms with Crippen molar-refractivity contribution in [3.63, 3.8) is 0 Å². The second kappa shape index (κ2) is 5.06. The standard InChI is InChI=1S/C14H13N5O2S/c20-13(11-7-22-8-16-11)18-5-3-9(6-18)19-12-10(17-14(19)21)2-1-4-15-12/h1-2,4,7-9H,3,5-6H2,(H,17,21)/t9-/m1/s1. The first kappa shape index (κ1) is 13.2. The van der Waals surface area contributed by atoms with Crippen LogP contribution in [0.2, 0.25) is 0 Å². The van der Waals surface area contributed by atoms with Gasteiger partial charge in [-0.2, -0.15) is 0 Å². The predicted octanol–water partition coefficient (Wildman–Crippen LogP) is 1.27. The van der Waals surface area contributed by atoms with Gasteiger partial charge in [-0.25, -0.2) is 14.8 Å². The molecule has 3 aromatic heterocycles. The summed E-state index contributed by atoms with van der Waals surface area (Å²) in [5.41, 5.74) is 3.29. The molecule has 0 spiro atoms. The number of rotatable bonds is 2. The van der Waals surface area contributed by atoms with Gasteiger partial charge in [0, 0.05) is 24.7 Å². The lowest BCUT2D eigenvalue weighted by Crippen LogP contribution is -2.31. The molecule has 0 saturated carbocycles. The molecule has 1 N–H and O–H groups in total. The molecule has 0 radical (unpaired) electrons. The van der Waals surface area contributed by atoms with Crippen molar-refractivity contribution < 1.29 is 4.79 Å². The van der Waals surface area contributed by atoms with E-state index in [0.717, 1.165) is 11.9 Å². The van der Waals surface area contributed by atoms with Crippen LogP contribution in [-0.2, 0) is 0 Å². The molecule has 0 bridgehead atoms. The van der Waals surface area contributed by atoms with Crippen LogP contribution in [-0.4, -0.2) is 43.4 Å². The molecule has 0 aliphatic carbocycles. The fourth-order valence-corrected chi connectivity index (χ4v) is 3.44. The minimum atomic E-state index is -0.179. The normalized spacial score (nSPS) is 18.2. The highest BCUT2D eigenvalue weighted by atomic mass is 32.1. The van der Waals surface area contributed by atoms with Gasteiger partial charge in [0.25, 0.3) is 5.91 Å². The molecule has 1 atom stereocenters. The number of aromatic nitrogens is 4. The number of pyridine rings is 1. The molecular formula is C14H13N5O2S. The summed E-state index contributed by atoms with van der Waals surface area (Å²) in [6.07, 6.45) is 2.40. The fourth-order valence-electron chi connectivity index (χ4n) is 2.91. The van der Waals surface area contributed by atoms with E-state index in [1.54, 1.807) is 32.6 Å². The average molecular weight is 315 g/mol. The van der Waals surface area contributed by atoms with E-state index in [2.05, 4.69) is 15.0 Å². The number of amides is 1. The Morgan fingerprint density at radius 2 is 2.32 bits per heavy atom. The van der Waals surface area contributed by atoms with Crippen molar-refractivity contribution in [2.75, 3.05) is 13.1 Å². The third-order valence-electron chi connectivity index (χ3n) is 3.94. The lowest BCUT2D eigenvalue weighted by Gasteiger charge is -2.15. The zero-order chi connectivity index (χ0) is 15.1. The maximum atomic E-state index is 12.3. The molecule has 4 heterocycles. The Morgan fingerprint density at radius 3 is 3.14 bits per heavy atom. The van der Waals surface area contributed by atoms with E-state index in [1.807, 2.05) is 6.07 Å². The van der Waals surface area contributed by atoms with Gasteiger partial charge in [-0.3, -0.25) is 9.36 Å². The minimum Gasteiger partial charge on any atom is -0.335 e. The number of nitrogens with one attached hydrogen (secondary N) is 1. The Kier molecular flexibility index (Phi) is 3.04. The van der Waals surface area contributed by atoms with Gasteiger partial charge in [0.1, 0.15) is 5.69 Å². The van der Waals surface area contributed by atoms with Crippen molar-refractivity contribution in [1.29, 1.82) is 0 Å². The van der Waals surface area contributed by atoms with Gasteiger partial charge in [0.2, 0.25) is 0 Å². The van der Waals surface area contributed by atoms with Gasteiger partial charge < -0.3 is 9.88 Å². The van der Waals surface area contributed by atoms with E-state index in [1.165, 1.54) is 11.3 Å². The number of carbonyl (C=O) groups is 1. The number of nitrogens with zero attached hydrogens (tertiary/aromatic N) is 4. The quantitative estimate of drug-likeness (QED) is 0.772. The largest absolute Gasteiger partial charge is 0.335 e. The van der Waals surface area contributed by atoms with Crippen molar-refractivity contribution in [2.24, 2.45) is 0 Å². The van der Waals surface area contributed by atoms with Crippen LogP contribution < -0.4 is 5.69 Å². The van der Waals surface area contributed by atoms with Crippen molar-refractivity contribution in [3.8, 4) is 0 Å². The lowest BCUT2D eigenvalue weighted by molar-refractivity contribution is 0.0782. The molecule has 0 aromatic carbocycles. The van der Waals surface area contributed by atoms with Crippen LogP contribution >= 0.6 is 11.3 Å². The average Bonchev–Trinajstić information content (AvgIpc) is 3.25. The number of hydrogen-bond acceptors (Lipinski definition) is 5. The molecule has 1 amide bonds. The van der Waals surface area contributed by atoms with E-state index in [9.17, 15) is 9.59 Å². The number of carbonyl (C=O) groups excluding carboxylic acids is 1. The number of H-pyrrole nitrogens is 1. The zero-order valence-electron chi connectivity index (χ0n) is 11.6. The molecule has 1 aliphatic rings. The molecular weight excluding hydrogens is 302 g/mol. The number of likely N-dealkylation sites (tertiary alicyclic amines) is 1. The van der Waals surface area contributed by atoms with Gasteiger partial charge in [-0.05, 0) is 18.6 Å². The maximum Gasteiger partial charge on any atom is 0.327 e. The van der Waals surface area contributed by atoms with Crippen molar-refractivity contribution in [3.05, 3.63) is 45.4 Å². The number of fused-ring (bicyclic) bond motifs is 1. The highest BCUT2D eigenvalue weighted by Gasteiger charge is 2.30. The molecule has 7 nitrogen and oxygen atoms in total. The third-order valence-corrected chi connectivity index (χ3v) is 4.53. The van der Waals surface area contributed by atoms with Crippen LogP contribution in [0, 0.1) is 0 Å². The van der Waals surface area contributed by atoms with Crippen LogP contribution in [0.4, 0.5) is 0 Å².